The Morgan fingerprint density at radius 3 is 1.32 bits per heavy atom. The lowest BCUT2D eigenvalue weighted by Crippen LogP contribution is -2.37. The molecule has 0 unspecified atom stereocenters. The van der Waals surface area contributed by atoms with E-state index < -0.39 is 23.3 Å². The van der Waals surface area contributed by atoms with Crippen molar-refractivity contribution >= 4 is 40.2 Å². The molecule has 0 saturated carbocycles. The van der Waals surface area contributed by atoms with Crippen LogP contribution in [0.4, 0.5) is 50.5 Å². The van der Waals surface area contributed by atoms with Gasteiger partial charge in [-0.3, -0.25) is 0 Å². The molecule has 5 aromatic rings. The fraction of sp³-hybridized carbons (Fsp3) is 0.592. The minimum atomic E-state index is -0.521. The maximum absolute atomic E-state index is 14.0. The molecule has 1 aromatic heterocycles. The first-order chi connectivity index (χ1) is 41.7. The zero-order valence-electron chi connectivity index (χ0n) is 56.4. The Hall–Kier alpha value is -5.23. The van der Waals surface area contributed by atoms with Gasteiger partial charge in [0.2, 0.25) is 0 Å². The van der Waals surface area contributed by atoms with Crippen LogP contribution in [0.15, 0.2) is 79.0 Å². The van der Waals surface area contributed by atoms with Crippen LogP contribution < -0.4 is 26.6 Å². The topological polar surface area (TPSA) is 89.2 Å². The Morgan fingerprint density at radius 2 is 0.886 bits per heavy atom. The van der Waals surface area contributed by atoms with Crippen LogP contribution >= 0.6 is 11.6 Å². The summed E-state index contributed by atoms with van der Waals surface area (Å²) in [4.78, 5) is 15.6. The number of hydrogen-bond acceptors (Lipinski definition) is 11. The molecular formula is C71H111ClF5N11. The van der Waals surface area contributed by atoms with E-state index >= 15 is 0 Å². The van der Waals surface area contributed by atoms with E-state index in [1.54, 1.807) is 6.07 Å². The standard InChI is InChI=1S/C15H22F2N2.C15H23FN2.C15H25N3.C13H21ClN2.C13H20F2N2/c1-10(2)11-8-13(16)15(14(17)9-11)18-12-4-6-19(3)7-5-12;1-11(2)12-4-5-15(14(16)10-12)17-13-6-8-18(3)9-7-13;1-13(2)14-6-7-15(17-12-14)16-8-11-18-9-4-3-5-10-18;1-10(2)11-5-6-13(12(14)9-11)15-7-8-16(3)4;1-9(2)10-7-11(14)13(12(15)8-10)16-5-6-17(3)4/h8-10,12,18H,4-7H2,1-3H3;4-5,10-11,13,17H,6-9H2,1-3H3;6-7,12-13H,3-5,8-11H2,1-2H3,(H,16,17);5-6,9-10,15H,7-8H2,1-4H3;7-9,16H,5-6H2,1-4H3. The molecular weight excluding hydrogens is 1140 g/mol. The van der Waals surface area contributed by atoms with Crippen LogP contribution in [0.3, 0.4) is 0 Å². The van der Waals surface area contributed by atoms with Gasteiger partial charge < -0.3 is 51.1 Å². The molecule has 0 aliphatic carbocycles. The molecule has 492 valence electrons. The lowest BCUT2D eigenvalue weighted by atomic mass is 10.0. The fourth-order valence-corrected chi connectivity index (χ4v) is 10.4. The lowest BCUT2D eigenvalue weighted by molar-refractivity contribution is 0.237. The molecule has 0 spiro atoms. The van der Waals surface area contributed by atoms with Crippen molar-refractivity contribution in [3.63, 3.8) is 0 Å². The number of nitrogens with zero attached hydrogens (tertiary/aromatic N) is 6. The van der Waals surface area contributed by atoms with Crippen LogP contribution in [0.5, 0.6) is 0 Å². The maximum atomic E-state index is 14.0. The van der Waals surface area contributed by atoms with Crippen molar-refractivity contribution in [3.05, 3.63) is 141 Å². The average molecular weight is 1250 g/mol. The summed E-state index contributed by atoms with van der Waals surface area (Å²) in [6, 6.07) is 22.3. The Kier molecular flexibility index (Phi) is 33.4. The highest BCUT2D eigenvalue weighted by molar-refractivity contribution is 6.33. The van der Waals surface area contributed by atoms with Crippen LogP contribution in [-0.2, 0) is 0 Å². The smallest absolute Gasteiger partial charge is 0.149 e. The van der Waals surface area contributed by atoms with Gasteiger partial charge in [-0.2, -0.15) is 0 Å². The highest BCUT2D eigenvalue weighted by Crippen LogP contribution is 2.30. The van der Waals surface area contributed by atoms with Crippen LogP contribution in [0.25, 0.3) is 0 Å². The first kappa shape index (κ1) is 75.2. The van der Waals surface area contributed by atoms with Crippen molar-refractivity contribution in [3.8, 4) is 0 Å². The first-order valence-corrected chi connectivity index (χ1v) is 32.7. The Balaban J connectivity index is 0.000000236. The molecule has 3 fully saturated rings. The molecule has 3 aliphatic rings. The van der Waals surface area contributed by atoms with Crippen molar-refractivity contribution < 1.29 is 22.0 Å². The minimum absolute atomic E-state index is 0.0268. The maximum Gasteiger partial charge on any atom is 0.149 e. The predicted octanol–water partition coefficient (Wildman–Crippen LogP) is 16.7. The number of anilines is 5. The fourth-order valence-electron chi connectivity index (χ4n) is 10.1. The third kappa shape index (κ3) is 27.5. The molecule has 4 aromatic carbocycles. The molecule has 17 heteroatoms. The number of likely N-dealkylation sites (tertiary alicyclic amines) is 3. The van der Waals surface area contributed by atoms with Crippen molar-refractivity contribution in [2.75, 3.05) is 147 Å². The zero-order chi connectivity index (χ0) is 65.0. The number of halogens is 6. The highest BCUT2D eigenvalue weighted by Gasteiger charge is 2.22. The van der Waals surface area contributed by atoms with Crippen molar-refractivity contribution in [2.45, 2.75) is 156 Å². The van der Waals surface area contributed by atoms with Crippen molar-refractivity contribution in [2.24, 2.45) is 0 Å². The first-order valence-electron chi connectivity index (χ1n) is 32.4. The summed E-state index contributed by atoms with van der Waals surface area (Å²) in [5.41, 5.74) is 6.68. The molecule has 11 nitrogen and oxygen atoms in total. The monoisotopic (exact) mass is 1250 g/mol. The van der Waals surface area contributed by atoms with Crippen LogP contribution in [0, 0.1) is 29.1 Å². The quantitative estimate of drug-likeness (QED) is 0.0455. The molecule has 3 aliphatic heterocycles. The predicted molar refractivity (Wildman–Crippen MR) is 366 cm³/mol. The molecule has 4 heterocycles. The number of benzene rings is 4. The molecule has 3 saturated heterocycles. The summed E-state index contributed by atoms with van der Waals surface area (Å²) < 4.78 is 69.3. The minimum Gasteiger partial charge on any atom is -0.383 e. The molecule has 0 amide bonds. The zero-order valence-corrected chi connectivity index (χ0v) is 57.2. The van der Waals surface area contributed by atoms with E-state index in [1.165, 1.54) is 67.7 Å². The highest BCUT2D eigenvalue weighted by atomic mass is 35.5. The SMILES string of the molecule is CC(C)c1cc(F)c(NC2CCN(C)CC2)c(F)c1.CC(C)c1cc(F)c(NCCN(C)C)c(F)c1.CC(C)c1ccc(NC2CCN(C)CC2)c(F)c1.CC(C)c1ccc(NCCN(C)C)c(Cl)c1.CC(C)c1ccc(NCCN2CCCCC2)nc1. The van der Waals surface area contributed by atoms with Gasteiger partial charge in [0, 0.05) is 57.5 Å². The number of rotatable bonds is 21. The largest absolute Gasteiger partial charge is 0.383 e. The van der Waals surface area contributed by atoms with Gasteiger partial charge >= 0.3 is 0 Å². The summed E-state index contributed by atoms with van der Waals surface area (Å²) >= 11 is 6.21. The van der Waals surface area contributed by atoms with Crippen molar-refractivity contribution in [1.29, 1.82) is 0 Å². The van der Waals surface area contributed by atoms with Gasteiger partial charge in [-0.25, -0.2) is 26.9 Å². The number of pyridine rings is 1. The Labute approximate surface area is 533 Å². The molecule has 0 radical (unpaired) electrons. The molecule has 88 heavy (non-hydrogen) atoms. The number of nitrogens with one attached hydrogen (secondary N) is 5. The number of aromatic nitrogens is 1. The van der Waals surface area contributed by atoms with Gasteiger partial charge in [0.15, 0.2) is 0 Å². The van der Waals surface area contributed by atoms with Gasteiger partial charge in [-0.1, -0.05) is 105 Å². The summed E-state index contributed by atoms with van der Waals surface area (Å²) in [6.45, 7) is 32.5. The van der Waals surface area contributed by atoms with Gasteiger partial charge in [-0.15, -0.1) is 0 Å². The van der Waals surface area contributed by atoms with E-state index in [9.17, 15) is 22.0 Å². The number of piperidine rings is 3. The Morgan fingerprint density at radius 1 is 0.466 bits per heavy atom. The molecule has 5 N–H and O–H groups in total. The Bertz CT molecular complexity index is 2710. The summed E-state index contributed by atoms with van der Waals surface area (Å²) in [5, 5.41) is 16.7. The van der Waals surface area contributed by atoms with Gasteiger partial charge in [0.25, 0.3) is 0 Å². The van der Waals surface area contributed by atoms with Crippen molar-refractivity contribution in [1.82, 2.24) is 29.5 Å². The van der Waals surface area contributed by atoms with E-state index in [0.29, 0.717) is 47.2 Å². The molecule has 0 atom stereocenters. The van der Waals surface area contributed by atoms with E-state index in [4.69, 9.17) is 11.6 Å². The second-order valence-electron chi connectivity index (χ2n) is 26.2. The lowest BCUT2D eigenvalue weighted by Gasteiger charge is -2.30. The van der Waals surface area contributed by atoms with Gasteiger partial charge in [0.1, 0.15) is 46.3 Å². The normalized spacial score (nSPS) is 15.3. The molecule has 0 bridgehead atoms. The number of likely N-dealkylation sites (N-methyl/N-ethyl adjacent to an activating group) is 2. The van der Waals surface area contributed by atoms with Crippen LogP contribution in [0.2, 0.25) is 5.02 Å². The summed E-state index contributed by atoms with van der Waals surface area (Å²) in [6.07, 6.45) is 10.1. The second-order valence-corrected chi connectivity index (χ2v) is 26.6. The van der Waals surface area contributed by atoms with Gasteiger partial charge in [0.05, 0.1) is 16.4 Å². The van der Waals surface area contributed by atoms with Crippen LogP contribution in [0.1, 0.15) is 172 Å². The van der Waals surface area contributed by atoms with E-state index in [0.717, 1.165) is 107 Å². The third-order valence-corrected chi connectivity index (χ3v) is 16.6. The third-order valence-electron chi connectivity index (χ3n) is 16.3. The number of hydrogen-bond donors (Lipinski definition) is 5. The van der Waals surface area contributed by atoms with E-state index in [2.05, 4.69) is 145 Å². The van der Waals surface area contributed by atoms with Crippen LogP contribution in [-0.4, -0.2) is 162 Å². The summed E-state index contributed by atoms with van der Waals surface area (Å²) in [5.74, 6) is 0.558. The average Bonchev–Trinajstić information content (AvgIpc) is 3.45. The molecule has 8 rings (SSSR count). The van der Waals surface area contributed by atoms with E-state index in [1.807, 2.05) is 71.1 Å². The van der Waals surface area contributed by atoms with E-state index in [-0.39, 0.29) is 35.1 Å². The summed E-state index contributed by atoms with van der Waals surface area (Å²) in [7, 11) is 12.1. The second kappa shape index (κ2) is 39.1. The van der Waals surface area contributed by atoms with Gasteiger partial charge in [-0.05, 0) is 232 Å².